The molecule has 0 aromatic heterocycles. The highest BCUT2D eigenvalue weighted by molar-refractivity contribution is 5.26. The Bertz CT molecular complexity index is 515. The molecule has 2 aromatic rings. The van der Waals surface area contributed by atoms with Gasteiger partial charge in [0.15, 0.2) is 0 Å². The van der Waals surface area contributed by atoms with E-state index < -0.39 is 5.54 Å². The number of aliphatic hydroxyl groups is 1. The largest absolute Gasteiger partial charge is 0.491 e. The molecule has 2 aromatic carbocycles. The van der Waals surface area contributed by atoms with Crippen molar-refractivity contribution in [3.8, 4) is 5.75 Å². The molecule has 1 unspecified atom stereocenters. The average Bonchev–Trinajstić information content (AvgIpc) is 2.47. The Kier molecular flexibility index (Phi) is 4.14. The van der Waals surface area contributed by atoms with E-state index in [0.717, 1.165) is 5.56 Å². The molecule has 0 heterocycles. The molecule has 0 bridgehead atoms. The third-order valence-electron chi connectivity index (χ3n) is 2.94. The van der Waals surface area contributed by atoms with Crippen molar-refractivity contribution in [3.63, 3.8) is 0 Å². The summed E-state index contributed by atoms with van der Waals surface area (Å²) >= 11 is 0. The maximum absolute atomic E-state index is 12.8. The Morgan fingerprint density at radius 1 is 1.05 bits per heavy atom. The van der Waals surface area contributed by atoms with E-state index in [2.05, 4.69) is 0 Å². The predicted molar refractivity (Wildman–Crippen MR) is 71.3 cm³/mol. The van der Waals surface area contributed by atoms with Gasteiger partial charge in [0, 0.05) is 0 Å². The second-order valence-electron chi connectivity index (χ2n) is 4.42. The van der Waals surface area contributed by atoms with Gasteiger partial charge in [0.05, 0.1) is 12.1 Å². The summed E-state index contributed by atoms with van der Waals surface area (Å²) < 4.78 is 18.3. The summed E-state index contributed by atoms with van der Waals surface area (Å²) in [4.78, 5) is 0. The van der Waals surface area contributed by atoms with Gasteiger partial charge in [0.1, 0.15) is 18.2 Å². The minimum atomic E-state index is -0.977. The van der Waals surface area contributed by atoms with Crippen LogP contribution in [0.15, 0.2) is 54.6 Å². The Morgan fingerprint density at radius 3 is 2.26 bits per heavy atom. The highest BCUT2D eigenvalue weighted by Crippen LogP contribution is 2.20. The molecule has 1 atom stereocenters. The molecule has 4 heteroatoms. The van der Waals surface area contributed by atoms with E-state index in [1.807, 2.05) is 30.3 Å². The highest BCUT2D eigenvalue weighted by atomic mass is 19.1. The van der Waals surface area contributed by atoms with E-state index in [1.165, 1.54) is 24.3 Å². The molecule has 0 aliphatic heterocycles. The lowest BCUT2D eigenvalue weighted by Crippen LogP contribution is -2.46. The van der Waals surface area contributed by atoms with E-state index in [-0.39, 0.29) is 19.0 Å². The van der Waals surface area contributed by atoms with Crippen molar-refractivity contribution in [2.45, 2.75) is 5.54 Å². The van der Waals surface area contributed by atoms with Gasteiger partial charge in [-0.1, -0.05) is 30.3 Å². The number of ether oxygens (including phenoxy) is 1. The standard InChI is InChI=1S/C15H16FNO2/c16-13-6-8-14(9-7-13)19-11-15(17,10-18)12-4-2-1-3-5-12/h1-9,18H,10-11,17H2. The summed E-state index contributed by atoms with van der Waals surface area (Å²) in [7, 11) is 0. The summed E-state index contributed by atoms with van der Waals surface area (Å²) in [6, 6.07) is 14.9. The zero-order valence-corrected chi connectivity index (χ0v) is 10.4. The Labute approximate surface area is 111 Å². The maximum atomic E-state index is 12.8. The molecule has 0 saturated carbocycles. The van der Waals surface area contributed by atoms with Gasteiger partial charge in [-0.15, -0.1) is 0 Å². The smallest absolute Gasteiger partial charge is 0.123 e. The summed E-state index contributed by atoms with van der Waals surface area (Å²) in [5.74, 6) is 0.192. The minimum Gasteiger partial charge on any atom is -0.491 e. The number of aliphatic hydroxyl groups excluding tert-OH is 1. The van der Waals surface area contributed by atoms with Crippen LogP contribution in [0, 0.1) is 5.82 Å². The van der Waals surface area contributed by atoms with E-state index >= 15 is 0 Å². The minimum absolute atomic E-state index is 0.110. The van der Waals surface area contributed by atoms with Crippen molar-refractivity contribution in [2.24, 2.45) is 5.73 Å². The van der Waals surface area contributed by atoms with Crippen molar-refractivity contribution < 1.29 is 14.2 Å². The molecular weight excluding hydrogens is 245 g/mol. The monoisotopic (exact) mass is 261 g/mol. The first kappa shape index (κ1) is 13.5. The highest BCUT2D eigenvalue weighted by Gasteiger charge is 2.27. The number of hydrogen-bond acceptors (Lipinski definition) is 3. The predicted octanol–water partition coefficient (Wildman–Crippen LogP) is 2.05. The fourth-order valence-electron chi connectivity index (χ4n) is 1.73. The van der Waals surface area contributed by atoms with Gasteiger partial charge < -0.3 is 15.6 Å². The van der Waals surface area contributed by atoms with Gasteiger partial charge in [-0.25, -0.2) is 4.39 Å². The van der Waals surface area contributed by atoms with Crippen LogP contribution >= 0.6 is 0 Å². The molecule has 3 N–H and O–H groups in total. The number of nitrogens with two attached hydrogens (primary N) is 1. The zero-order chi connectivity index (χ0) is 13.7. The van der Waals surface area contributed by atoms with E-state index in [4.69, 9.17) is 10.5 Å². The Hall–Kier alpha value is -1.91. The van der Waals surface area contributed by atoms with E-state index in [0.29, 0.717) is 5.75 Å². The normalized spacial score (nSPS) is 13.8. The first-order valence-corrected chi connectivity index (χ1v) is 5.98. The third kappa shape index (κ3) is 3.30. The summed E-state index contributed by atoms with van der Waals surface area (Å²) in [5, 5.41) is 9.50. The van der Waals surface area contributed by atoms with Crippen LogP contribution in [0.2, 0.25) is 0 Å². The van der Waals surface area contributed by atoms with Gasteiger partial charge >= 0.3 is 0 Å². The van der Waals surface area contributed by atoms with Crippen LogP contribution in [-0.4, -0.2) is 18.3 Å². The Morgan fingerprint density at radius 2 is 1.68 bits per heavy atom. The SMILES string of the molecule is NC(CO)(COc1ccc(F)cc1)c1ccccc1. The fourth-order valence-corrected chi connectivity index (χ4v) is 1.73. The van der Waals surface area contributed by atoms with Crippen molar-refractivity contribution in [1.82, 2.24) is 0 Å². The number of rotatable bonds is 5. The fraction of sp³-hybridized carbons (Fsp3) is 0.200. The van der Waals surface area contributed by atoms with Crippen LogP contribution in [0.3, 0.4) is 0 Å². The van der Waals surface area contributed by atoms with Crippen molar-refractivity contribution in [1.29, 1.82) is 0 Å². The topological polar surface area (TPSA) is 55.5 Å². The van der Waals surface area contributed by atoms with Gasteiger partial charge in [-0.3, -0.25) is 0 Å². The lowest BCUT2D eigenvalue weighted by molar-refractivity contribution is 0.133. The quantitative estimate of drug-likeness (QED) is 0.866. The van der Waals surface area contributed by atoms with Crippen molar-refractivity contribution in [2.75, 3.05) is 13.2 Å². The molecular formula is C15H16FNO2. The average molecular weight is 261 g/mol. The third-order valence-corrected chi connectivity index (χ3v) is 2.94. The zero-order valence-electron chi connectivity index (χ0n) is 10.4. The number of halogens is 1. The number of hydrogen-bond donors (Lipinski definition) is 2. The molecule has 0 aliphatic carbocycles. The molecule has 19 heavy (non-hydrogen) atoms. The first-order valence-electron chi connectivity index (χ1n) is 5.98. The second kappa shape index (κ2) is 5.82. The molecule has 0 amide bonds. The second-order valence-corrected chi connectivity index (χ2v) is 4.42. The summed E-state index contributed by atoms with van der Waals surface area (Å²) in [6.07, 6.45) is 0. The maximum Gasteiger partial charge on any atom is 0.123 e. The van der Waals surface area contributed by atoms with Gasteiger partial charge in [-0.05, 0) is 29.8 Å². The Balaban J connectivity index is 2.09. The lowest BCUT2D eigenvalue weighted by Gasteiger charge is -2.27. The van der Waals surface area contributed by atoms with Crippen LogP contribution in [-0.2, 0) is 5.54 Å². The molecule has 100 valence electrons. The van der Waals surface area contributed by atoms with Crippen LogP contribution in [0.1, 0.15) is 5.56 Å². The molecule has 0 aliphatic rings. The van der Waals surface area contributed by atoms with Crippen LogP contribution in [0.5, 0.6) is 5.75 Å². The summed E-state index contributed by atoms with van der Waals surface area (Å²) in [6.45, 7) is -0.128. The molecule has 0 saturated heterocycles. The molecule has 3 nitrogen and oxygen atoms in total. The van der Waals surface area contributed by atoms with Crippen molar-refractivity contribution in [3.05, 3.63) is 66.0 Å². The van der Waals surface area contributed by atoms with Crippen molar-refractivity contribution >= 4 is 0 Å². The first-order chi connectivity index (χ1) is 9.14. The van der Waals surface area contributed by atoms with E-state index in [1.54, 1.807) is 0 Å². The number of benzene rings is 2. The van der Waals surface area contributed by atoms with Crippen LogP contribution in [0.25, 0.3) is 0 Å². The summed E-state index contributed by atoms with van der Waals surface area (Å²) in [5.41, 5.74) is 5.96. The van der Waals surface area contributed by atoms with Crippen LogP contribution < -0.4 is 10.5 Å². The van der Waals surface area contributed by atoms with E-state index in [9.17, 15) is 9.50 Å². The molecule has 0 fully saturated rings. The van der Waals surface area contributed by atoms with Crippen LogP contribution in [0.4, 0.5) is 4.39 Å². The van der Waals surface area contributed by atoms with Gasteiger partial charge in [0.2, 0.25) is 0 Å². The molecule has 0 radical (unpaired) electrons. The van der Waals surface area contributed by atoms with Gasteiger partial charge in [-0.2, -0.15) is 0 Å². The molecule has 2 rings (SSSR count). The molecule has 0 spiro atoms. The lowest BCUT2D eigenvalue weighted by atomic mass is 9.93. The van der Waals surface area contributed by atoms with Gasteiger partial charge in [0.25, 0.3) is 0 Å².